The molecule has 1 aromatic carbocycles. The first-order chi connectivity index (χ1) is 15.8. The fourth-order valence-electron chi connectivity index (χ4n) is 5.55. The standard InChI is InChI=1S/C23H26BrClN2O6/c1-2-9-26(14-7-5-13(25)6-8-14)21(30)19-23-12-15(24)18(33-23)16(22(31)32)17(23)20(29)27(19)10-3-4-11-28/h2,5-8,15-19,28H,1,3-4,9-12H2,(H,31,32)/t15?,16-,17+,18-,19-,23+/m1/s1. The van der Waals surface area contributed by atoms with Crippen LogP contribution in [0.2, 0.25) is 5.02 Å². The number of amides is 2. The van der Waals surface area contributed by atoms with Crippen LogP contribution >= 0.6 is 27.5 Å². The summed E-state index contributed by atoms with van der Waals surface area (Å²) in [5, 5.41) is 19.6. The number of aliphatic hydroxyl groups excluding tert-OH is 1. The topological polar surface area (TPSA) is 107 Å². The number of aliphatic carboxylic acids is 1. The maximum atomic E-state index is 14.1. The monoisotopic (exact) mass is 540 g/mol. The minimum atomic E-state index is -1.24. The molecule has 4 rings (SSSR count). The number of hydrogen-bond donors (Lipinski definition) is 2. The van der Waals surface area contributed by atoms with Crippen LogP contribution in [0.5, 0.6) is 0 Å². The van der Waals surface area contributed by atoms with E-state index in [9.17, 15) is 24.6 Å². The number of alkyl halides is 1. The van der Waals surface area contributed by atoms with Crippen molar-refractivity contribution in [3.63, 3.8) is 0 Å². The van der Waals surface area contributed by atoms with Crippen LogP contribution in [-0.4, -0.2) is 75.2 Å². The van der Waals surface area contributed by atoms with Gasteiger partial charge in [0.15, 0.2) is 0 Å². The zero-order valence-electron chi connectivity index (χ0n) is 17.9. The Bertz CT molecular complexity index is 959. The van der Waals surface area contributed by atoms with Crippen molar-refractivity contribution in [2.75, 3.05) is 24.6 Å². The number of unbranched alkanes of at least 4 members (excludes halogenated alkanes) is 1. The Hall–Kier alpha value is -1.94. The molecule has 1 spiro atoms. The van der Waals surface area contributed by atoms with Gasteiger partial charge in [0.25, 0.3) is 5.91 Å². The van der Waals surface area contributed by atoms with Crippen LogP contribution < -0.4 is 4.90 Å². The average molecular weight is 542 g/mol. The number of fused-ring (bicyclic) bond motifs is 1. The van der Waals surface area contributed by atoms with Crippen molar-refractivity contribution >= 4 is 51.0 Å². The van der Waals surface area contributed by atoms with Crippen molar-refractivity contribution in [3.05, 3.63) is 41.9 Å². The van der Waals surface area contributed by atoms with Gasteiger partial charge in [-0.15, -0.1) is 6.58 Å². The SMILES string of the molecule is C=CCN(C(=O)[C@H]1N(CCCCO)C(=O)[C@@H]2[C@@H](C(=O)O)[C@@H]3O[C@@]21CC3Br)c1ccc(Cl)cc1. The lowest BCUT2D eigenvalue weighted by Gasteiger charge is -2.37. The first-order valence-electron chi connectivity index (χ1n) is 10.9. The fraction of sp³-hybridized carbons (Fsp3) is 0.522. The van der Waals surface area contributed by atoms with E-state index in [2.05, 4.69) is 22.5 Å². The van der Waals surface area contributed by atoms with Crippen LogP contribution in [-0.2, 0) is 19.1 Å². The van der Waals surface area contributed by atoms with Crippen molar-refractivity contribution in [3.8, 4) is 0 Å². The second-order valence-electron chi connectivity index (χ2n) is 8.68. The summed E-state index contributed by atoms with van der Waals surface area (Å²) in [5.41, 5.74) is -0.647. The van der Waals surface area contributed by atoms with Gasteiger partial charge >= 0.3 is 5.97 Å². The molecule has 2 N–H and O–H groups in total. The number of benzene rings is 1. The van der Waals surface area contributed by atoms with E-state index in [1.54, 1.807) is 30.3 Å². The van der Waals surface area contributed by atoms with Gasteiger partial charge in [-0.25, -0.2) is 0 Å². The van der Waals surface area contributed by atoms with Gasteiger partial charge < -0.3 is 24.7 Å². The molecule has 3 saturated heterocycles. The molecule has 10 heteroatoms. The summed E-state index contributed by atoms with van der Waals surface area (Å²) in [4.78, 5) is 42.5. The minimum Gasteiger partial charge on any atom is -0.481 e. The van der Waals surface area contributed by atoms with Crippen molar-refractivity contribution in [2.45, 2.75) is 41.8 Å². The molecule has 0 saturated carbocycles. The zero-order valence-corrected chi connectivity index (χ0v) is 20.2. The summed E-state index contributed by atoms with van der Waals surface area (Å²) >= 11 is 9.55. The quantitative estimate of drug-likeness (QED) is 0.283. The Morgan fingerprint density at radius 2 is 2.03 bits per heavy atom. The number of carbonyl (C=O) groups is 3. The third kappa shape index (κ3) is 3.88. The lowest BCUT2D eigenvalue weighted by atomic mass is 9.70. The Balaban J connectivity index is 1.77. The van der Waals surface area contributed by atoms with E-state index in [4.69, 9.17) is 16.3 Å². The second kappa shape index (κ2) is 9.37. The third-order valence-corrected chi connectivity index (χ3v) is 7.93. The van der Waals surface area contributed by atoms with Crippen molar-refractivity contribution < 1.29 is 29.3 Å². The van der Waals surface area contributed by atoms with Crippen LogP contribution in [0.15, 0.2) is 36.9 Å². The predicted molar refractivity (Wildman–Crippen MR) is 125 cm³/mol. The van der Waals surface area contributed by atoms with E-state index in [0.717, 1.165) is 0 Å². The third-order valence-electron chi connectivity index (χ3n) is 6.83. The number of halogens is 2. The average Bonchev–Trinajstić information content (AvgIpc) is 3.36. The maximum absolute atomic E-state index is 14.1. The summed E-state index contributed by atoms with van der Waals surface area (Å²) < 4.78 is 6.26. The normalized spacial score (nSPS) is 32.2. The van der Waals surface area contributed by atoms with E-state index in [-0.39, 0.29) is 36.3 Å². The van der Waals surface area contributed by atoms with Gasteiger partial charge in [0.1, 0.15) is 11.6 Å². The highest BCUT2D eigenvalue weighted by molar-refractivity contribution is 9.09. The molecule has 8 nitrogen and oxygen atoms in total. The van der Waals surface area contributed by atoms with Gasteiger partial charge in [-0.2, -0.15) is 0 Å². The van der Waals surface area contributed by atoms with Gasteiger partial charge in [0.2, 0.25) is 5.91 Å². The number of rotatable bonds is 9. The molecular weight excluding hydrogens is 516 g/mol. The maximum Gasteiger partial charge on any atom is 0.310 e. The molecule has 2 amide bonds. The number of anilines is 1. The largest absolute Gasteiger partial charge is 0.481 e. The molecule has 3 aliphatic rings. The molecule has 3 fully saturated rings. The van der Waals surface area contributed by atoms with Gasteiger partial charge in [-0.3, -0.25) is 14.4 Å². The summed E-state index contributed by atoms with van der Waals surface area (Å²) in [6, 6.07) is 5.79. The molecule has 3 aliphatic heterocycles. The van der Waals surface area contributed by atoms with Gasteiger partial charge in [-0.1, -0.05) is 33.6 Å². The second-order valence-corrected chi connectivity index (χ2v) is 10.3. The lowest BCUT2D eigenvalue weighted by molar-refractivity contribution is -0.149. The number of carbonyl (C=O) groups excluding carboxylic acids is 2. The molecule has 6 atom stereocenters. The van der Waals surface area contributed by atoms with Crippen LogP contribution in [0.4, 0.5) is 5.69 Å². The fourth-order valence-corrected chi connectivity index (χ4v) is 6.61. The predicted octanol–water partition coefficient (Wildman–Crippen LogP) is 2.46. The number of hydrogen-bond acceptors (Lipinski definition) is 5. The van der Waals surface area contributed by atoms with Gasteiger partial charge in [-0.05, 0) is 43.5 Å². The van der Waals surface area contributed by atoms with Gasteiger partial charge in [0, 0.05) is 35.2 Å². The van der Waals surface area contributed by atoms with Crippen LogP contribution in [0.25, 0.3) is 0 Å². The number of nitrogens with zero attached hydrogens (tertiary/aromatic N) is 2. The van der Waals surface area contributed by atoms with E-state index < -0.39 is 35.6 Å². The Morgan fingerprint density at radius 3 is 2.64 bits per heavy atom. The number of carboxylic acid groups (broad SMARTS) is 1. The van der Waals surface area contributed by atoms with Crippen molar-refractivity contribution in [1.29, 1.82) is 0 Å². The number of aliphatic hydroxyl groups is 1. The minimum absolute atomic E-state index is 0.0393. The Morgan fingerprint density at radius 1 is 1.33 bits per heavy atom. The molecule has 3 heterocycles. The Kier molecular flexibility index (Phi) is 6.87. The highest BCUT2D eigenvalue weighted by Gasteiger charge is 2.76. The first kappa shape index (κ1) is 24.2. The molecule has 1 aromatic rings. The number of ether oxygens (including phenoxy) is 1. The van der Waals surface area contributed by atoms with Crippen LogP contribution in [0, 0.1) is 11.8 Å². The summed E-state index contributed by atoms with van der Waals surface area (Å²) in [5.74, 6) is -3.81. The molecule has 0 aromatic heterocycles. The number of likely N-dealkylation sites (tertiary alicyclic amines) is 1. The summed E-state index contributed by atoms with van der Waals surface area (Å²) in [7, 11) is 0. The van der Waals surface area contributed by atoms with Crippen molar-refractivity contribution in [1.82, 2.24) is 4.90 Å². The first-order valence-corrected chi connectivity index (χ1v) is 12.2. The van der Waals surface area contributed by atoms with Gasteiger partial charge in [0.05, 0.1) is 17.9 Å². The smallest absolute Gasteiger partial charge is 0.310 e. The van der Waals surface area contributed by atoms with E-state index in [0.29, 0.717) is 30.0 Å². The van der Waals surface area contributed by atoms with E-state index in [1.807, 2.05) is 0 Å². The highest BCUT2D eigenvalue weighted by Crippen LogP contribution is 2.60. The number of carboxylic acids is 1. The molecular formula is C23H26BrClN2O6. The molecule has 0 aliphatic carbocycles. The molecule has 0 radical (unpaired) electrons. The van der Waals surface area contributed by atoms with Crippen LogP contribution in [0.3, 0.4) is 0 Å². The lowest BCUT2D eigenvalue weighted by Crippen LogP contribution is -2.57. The zero-order chi connectivity index (χ0) is 23.9. The highest BCUT2D eigenvalue weighted by atomic mass is 79.9. The molecule has 33 heavy (non-hydrogen) atoms. The molecule has 1 unspecified atom stereocenters. The van der Waals surface area contributed by atoms with E-state index in [1.165, 1.54) is 9.80 Å². The van der Waals surface area contributed by atoms with Crippen molar-refractivity contribution in [2.24, 2.45) is 11.8 Å². The Labute approximate surface area is 205 Å². The summed E-state index contributed by atoms with van der Waals surface area (Å²) in [6.45, 7) is 4.14. The van der Waals surface area contributed by atoms with E-state index >= 15 is 0 Å². The molecule has 2 bridgehead atoms. The molecule has 178 valence electrons. The summed E-state index contributed by atoms with van der Waals surface area (Å²) in [6.07, 6.45) is 2.20. The van der Waals surface area contributed by atoms with Crippen LogP contribution in [0.1, 0.15) is 19.3 Å².